The molecule has 368 valence electrons. The number of methoxy groups -OCH3 is 2. The van der Waals surface area contributed by atoms with Crippen LogP contribution in [0, 0.1) is 0 Å². The molecule has 0 amide bonds. The summed E-state index contributed by atoms with van der Waals surface area (Å²) >= 11 is 0. The Balaban J connectivity index is 1.32. The number of ether oxygens (including phenoxy) is 12. The van der Waals surface area contributed by atoms with Gasteiger partial charge in [-0.05, 0) is 58.6 Å². The van der Waals surface area contributed by atoms with E-state index in [2.05, 4.69) is 10.0 Å². The van der Waals surface area contributed by atoms with E-state index in [9.17, 15) is 19.9 Å². The van der Waals surface area contributed by atoms with E-state index < -0.39 is 85.9 Å². The minimum atomic E-state index is -1.54. The quantitative estimate of drug-likeness (QED) is 0.0206. The average molecular weight is 962 g/mol. The fraction of sp³-hybridized carbons (Fsp3) is 0.365. The van der Waals surface area contributed by atoms with Crippen LogP contribution in [0.5, 0.6) is 11.5 Å². The summed E-state index contributed by atoms with van der Waals surface area (Å²) in [6, 6.07) is 41.6. The van der Waals surface area contributed by atoms with Gasteiger partial charge in [0.25, 0.3) is 0 Å². The van der Waals surface area contributed by atoms with E-state index in [-0.39, 0.29) is 38.6 Å². The molecule has 0 unspecified atom stereocenters. The molecule has 2 aliphatic heterocycles. The summed E-state index contributed by atoms with van der Waals surface area (Å²) < 4.78 is 74.8. The van der Waals surface area contributed by atoms with Crippen LogP contribution < -0.4 is 9.47 Å². The Hall–Kier alpha value is -6.86. The first-order chi connectivity index (χ1) is 34.2. The van der Waals surface area contributed by atoms with E-state index in [0.717, 1.165) is 16.7 Å². The second kappa shape index (κ2) is 26.2. The minimum Gasteiger partial charge on any atom is -0.497 e. The van der Waals surface area contributed by atoms with E-state index in [0.29, 0.717) is 11.5 Å². The summed E-state index contributed by atoms with van der Waals surface area (Å²) in [5.41, 5.74) is 12.8. The number of hydrogen-bond donors (Lipinski definition) is 0. The van der Waals surface area contributed by atoms with Gasteiger partial charge in [0.2, 0.25) is 6.29 Å². The number of azide groups is 1. The first kappa shape index (κ1) is 51.0. The Morgan fingerprint density at radius 2 is 1.09 bits per heavy atom. The van der Waals surface area contributed by atoms with Gasteiger partial charge in [-0.2, -0.15) is 0 Å². The normalized spacial score (nSPS) is 24.0. The first-order valence-corrected chi connectivity index (χ1v) is 22.5. The van der Waals surface area contributed by atoms with Crippen molar-refractivity contribution in [2.24, 2.45) is 5.11 Å². The minimum absolute atomic E-state index is 0.0382. The van der Waals surface area contributed by atoms with Gasteiger partial charge in [-0.1, -0.05) is 114 Å². The van der Waals surface area contributed by atoms with Crippen molar-refractivity contribution in [3.63, 3.8) is 0 Å². The number of benzene rings is 5. The van der Waals surface area contributed by atoms with Crippen molar-refractivity contribution in [3.05, 3.63) is 178 Å². The molecular weight excluding hydrogens is 907 g/mol. The third-order valence-corrected chi connectivity index (χ3v) is 11.2. The highest BCUT2D eigenvalue weighted by Gasteiger charge is 2.55. The largest absolute Gasteiger partial charge is 0.497 e. The summed E-state index contributed by atoms with van der Waals surface area (Å²) in [5.74, 6) is -1.22. The summed E-state index contributed by atoms with van der Waals surface area (Å²) in [6.07, 6.45) is -11.6. The molecule has 2 aliphatic rings. The standard InChI is InChI=1S/C52H55N3O15/c1-34(56)61-31-41-45(63-28-35-16-8-4-9-17-35)47(64-29-36-18-10-5-11-19-36)44(54-55-53)51(67-41)70-46-42(32-62-43(57)33-59-2)68-52(66-40-26-24-39(60-3)25-27-40)49(69-50(58)38-22-14-7-15-23-38)48(46)65-30-37-20-12-6-13-21-37/h4-27,41-42,44-49,51-52H,28-33H2,1-3H3/t41-,42-,44-,45-,46-,47-,48+,49-,51-,52-/m1/s1. The lowest BCUT2D eigenvalue weighted by atomic mass is 9.95. The average Bonchev–Trinajstić information content (AvgIpc) is 3.39. The Labute approximate surface area is 405 Å². The molecule has 0 spiro atoms. The zero-order valence-corrected chi connectivity index (χ0v) is 38.8. The molecule has 0 aromatic heterocycles. The smallest absolute Gasteiger partial charge is 0.338 e. The van der Waals surface area contributed by atoms with Crippen LogP contribution in [-0.4, -0.2) is 113 Å². The van der Waals surface area contributed by atoms with Crippen molar-refractivity contribution in [1.29, 1.82) is 0 Å². The number of esters is 3. The molecule has 7 rings (SSSR count). The molecular formula is C52H55N3O15. The van der Waals surface area contributed by atoms with Crippen molar-refractivity contribution in [3.8, 4) is 11.5 Å². The monoisotopic (exact) mass is 961 g/mol. The predicted molar refractivity (Wildman–Crippen MR) is 249 cm³/mol. The van der Waals surface area contributed by atoms with Crippen LogP contribution in [-0.2, 0) is 76.8 Å². The topological polar surface area (TPSA) is 211 Å². The van der Waals surface area contributed by atoms with Crippen molar-refractivity contribution in [2.75, 3.05) is 34.0 Å². The number of rotatable bonds is 23. The van der Waals surface area contributed by atoms with Crippen LogP contribution in [0.3, 0.4) is 0 Å². The van der Waals surface area contributed by atoms with Crippen molar-refractivity contribution < 1.29 is 71.2 Å². The van der Waals surface area contributed by atoms with E-state index in [1.165, 1.54) is 21.1 Å². The molecule has 0 aliphatic carbocycles. The molecule has 2 heterocycles. The zero-order chi connectivity index (χ0) is 49.1. The molecule has 5 aromatic rings. The molecule has 2 fully saturated rings. The fourth-order valence-electron chi connectivity index (χ4n) is 7.84. The Kier molecular flexibility index (Phi) is 19.1. The lowest BCUT2D eigenvalue weighted by molar-refractivity contribution is -0.345. The van der Waals surface area contributed by atoms with Crippen LogP contribution in [0.4, 0.5) is 0 Å². The molecule has 18 nitrogen and oxygen atoms in total. The van der Waals surface area contributed by atoms with Gasteiger partial charge in [0.1, 0.15) is 74.0 Å². The fourth-order valence-corrected chi connectivity index (χ4v) is 7.84. The van der Waals surface area contributed by atoms with Gasteiger partial charge < -0.3 is 56.8 Å². The van der Waals surface area contributed by atoms with E-state index in [1.54, 1.807) is 54.6 Å². The molecule has 0 saturated carbocycles. The van der Waals surface area contributed by atoms with E-state index in [4.69, 9.17) is 56.8 Å². The van der Waals surface area contributed by atoms with E-state index in [1.807, 2.05) is 91.0 Å². The van der Waals surface area contributed by atoms with Gasteiger partial charge in [0, 0.05) is 18.9 Å². The first-order valence-electron chi connectivity index (χ1n) is 22.5. The van der Waals surface area contributed by atoms with Crippen LogP contribution >= 0.6 is 0 Å². The van der Waals surface area contributed by atoms with Gasteiger partial charge in [-0.25, -0.2) is 9.59 Å². The van der Waals surface area contributed by atoms with Crippen LogP contribution in [0.1, 0.15) is 34.0 Å². The van der Waals surface area contributed by atoms with Gasteiger partial charge in [-0.15, -0.1) is 0 Å². The molecule has 10 atom stereocenters. The maximum atomic E-state index is 14.1. The highest BCUT2D eigenvalue weighted by Crippen LogP contribution is 2.37. The number of carbonyl (C=O) groups is 3. The Morgan fingerprint density at radius 3 is 1.63 bits per heavy atom. The lowest BCUT2D eigenvalue weighted by Crippen LogP contribution is -2.66. The maximum absolute atomic E-state index is 14.1. The summed E-state index contributed by atoms with van der Waals surface area (Å²) in [5, 5.41) is 4.21. The van der Waals surface area contributed by atoms with Gasteiger partial charge in [-0.3, -0.25) is 4.79 Å². The summed E-state index contributed by atoms with van der Waals surface area (Å²) in [7, 11) is 2.87. The lowest BCUT2D eigenvalue weighted by Gasteiger charge is -2.49. The highest BCUT2D eigenvalue weighted by atomic mass is 16.8. The van der Waals surface area contributed by atoms with Gasteiger partial charge >= 0.3 is 17.9 Å². The van der Waals surface area contributed by atoms with Crippen molar-refractivity contribution in [1.82, 2.24) is 0 Å². The molecule has 0 bridgehead atoms. The summed E-state index contributed by atoms with van der Waals surface area (Å²) in [6.45, 7) is 0.148. The number of carbonyl (C=O) groups excluding carboxylic acids is 3. The Morgan fingerprint density at radius 1 is 0.586 bits per heavy atom. The SMILES string of the molecule is COCC(=O)OC[C@H]1O[C@@H](Oc2ccc(OC)cc2)[C@H](OC(=O)c2ccccc2)[C@@H](OCc2ccccc2)[C@@H]1O[C@H]1O[C@H](COC(C)=O)[C@@H](OCc2ccccc2)[C@H](OCc2ccccc2)[C@H]1N=[N+]=[N-]. The van der Waals surface area contributed by atoms with Crippen molar-refractivity contribution >= 4 is 17.9 Å². The number of nitrogens with zero attached hydrogens (tertiary/aromatic N) is 3. The van der Waals surface area contributed by atoms with Crippen LogP contribution in [0.25, 0.3) is 10.4 Å². The predicted octanol–water partition coefficient (Wildman–Crippen LogP) is 7.32. The van der Waals surface area contributed by atoms with Gasteiger partial charge in [0.15, 0.2) is 12.4 Å². The maximum Gasteiger partial charge on any atom is 0.338 e. The molecule has 5 aromatic carbocycles. The summed E-state index contributed by atoms with van der Waals surface area (Å²) in [4.78, 5) is 42.7. The molecule has 2 saturated heterocycles. The second-order valence-electron chi connectivity index (χ2n) is 16.1. The number of hydrogen-bond acceptors (Lipinski definition) is 16. The van der Waals surface area contributed by atoms with Crippen LogP contribution in [0.15, 0.2) is 151 Å². The Bertz CT molecular complexity index is 2430. The molecule has 0 radical (unpaired) electrons. The van der Waals surface area contributed by atoms with E-state index >= 15 is 0 Å². The second-order valence-corrected chi connectivity index (χ2v) is 16.1. The molecule has 70 heavy (non-hydrogen) atoms. The van der Waals surface area contributed by atoms with Crippen LogP contribution in [0.2, 0.25) is 0 Å². The zero-order valence-electron chi connectivity index (χ0n) is 38.8. The molecule has 18 heteroatoms. The third-order valence-electron chi connectivity index (χ3n) is 11.2. The highest BCUT2D eigenvalue weighted by molar-refractivity contribution is 5.89. The van der Waals surface area contributed by atoms with Crippen molar-refractivity contribution in [2.45, 2.75) is 88.1 Å². The van der Waals surface area contributed by atoms with Gasteiger partial charge in [0.05, 0.1) is 32.5 Å². The third kappa shape index (κ3) is 14.3. The molecule has 0 N–H and O–H groups in total.